The highest BCUT2D eigenvalue weighted by atomic mass is 16.3. The van der Waals surface area contributed by atoms with Gasteiger partial charge in [-0.05, 0) is 48.9 Å². The van der Waals surface area contributed by atoms with E-state index in [-0.39, 0.29) is 6.10 Å². The minimum atomic E-state index is -0.344. The summed E-state index contributed by atoms with van der Waals surface area (Å²) >= 11 is 0. The lowest BCUT2D eigenvalue weighted by Gasteiger charge is -2.52. The molecule has 0 aromatic carbocycles. The van der Waals surface area contributed by atoms with Crippen LogP contribution in [0.3, 0.4) is 0 Å². The van der Waals surface area contributed by atoms with Crippen molar-refractivity contribution in [3.05, 3.63) is 24.3 Å². The third-order valence-electron chi connectivity index (χ3n) is 5.24. The average Bonchev–Trinajstić information content (AvgIpc) is 2.27. The molecule has 0 amide bonds. The van der Waals surface area contributed by atoms with Gasteiger partial charge in [0.1, 0.15) is 0 Å². The molecule has 0 unspecified atom stereocenters. The molecule has 0 aliphatic heterocycles. The number of aliphatic hydroxyl groups excluding tert-OH is 1. The van der Waals surface area contributed by atoms with E-state index in [0.717, 1.165) is 5.92 Å². The van der Waals surface area contributed by atoms with E-state index in [2.05, 4.69) is 40.3 Å². The summed E-state index contributed by atoms with van der Waals surface area (Å²) in [6, 6.07) is 0. The summed E-state index contributed by atoms with van der Waals surface area (Å²) in [6.07, 6.45) is 5.13. The van der Waals surface area contributed by atoms with Crippen LogP contribution >= 0.6 is 0 Å². The van der Waals surface area contributed by atoms with Gasteiger partial charge in [0.2, 0.25) is 0 Å². The molecule has 2 bridgehead atoms. The van der Waals surface area contributed by atoms with E-state index in [4.69, 9.17) is 0 Å². The highest BCUT2D eigenvalue weighted by Crippen LogP contribution is 2.53. The third-order valence-corrected chi connectivity index (χ3v) is 5.24. The standard InChI is InChI=1S/C16H26O/c1-6-15(17)16-11(5)13-8-12(9(2)3)14(16)7-10(13)4/h6-7,9,11-17H,1,8H2,2-5H3/t11-,12+,13+,14-,15+,16-/m1/s1. The van der Waals surface area contributed by atoms with Crippen molar-refractivity contribution < 1.29 is 5.11 Å². The van der Waals surface area contributed by atoms with Crippen LogP contribution in [0, 0.1) is 35.5 Å². The minimum absolute atomic E-state index is 0.344. The van der Waals surface area contributed by atoms with Crippen LogP contribution in [0.15, 0.2) is 24.3 Å². The molecule has 96 valence electrons. The van der Waals surface area contributed by atoms with Crippen LogP contribution < -0.4 is 0 Å². The van der Waals surface area contributed by atoms with Crippen molar-refractivity contribution in [1.29, 1.82) is 0 Å². The summed E-state index contributed by atoms with van der Waals surface area (Å²) in [6.45, 7) is 13.0. The van der Waals surface area contributed by atoms with Gasteiger partial charge in [0.05, 0.1) is 6.10 Å². The number of hydrogen-bond donors (Lipinski definition) is 1. The van der Waals surface area contributed by atoms with Crippen molar-refractivity contribution >= 4 is 0 Å². The topological polar surface area (TPSA) is 20.2 Å². The average molecular weight is 234 g/mol. The van der Waals surface area contributed by atoms with Crippen molar-refractivity contribution in [2.75, 3.05) is 0 Å². The third kappa shape index (κ3) is 1.99. The maximum atomic E-state index is 10.2. The first kappa shape index (κ1) is 12.9. The van der Waals surface area contributed by atoms with E-state index in [1.807, 2.05) is 0 Å². The summed E-state index contributed by atoms with van der Waals surface area (Å²) in [5.41, 5.74) is 1.55. The molecular weight excluding hydrogens is 208 g/mol. The van der Waals surface area contributed by atoms with Crippen molar-refractivity contribution in [2.45, 2.75) is 40.2 Å². The molecule has 1 saturated carbocycles. The van der Waals surface area contributed by atoms with E-state index in [9.17, 15) is 5.11 Å². The van der Waals surface area contributed by atoms with Gasteiger partial charge in [0, 0.05) is 0 Å². The Morgan fingerprint density at radius 3 is 2.65 bits per heavy atom. The molecule has 0 radical (unpaired) electrons. The molecule has 17 heavy (non-hydrogen) atoms. The minimum Gasteiger partial charge on any atom is -0.389 e. The van der Waals surface area contributed by atoms with Crippen LogP contribution in [-0.2, 0) is 0 Å². The van der Waals surface area contributed by atoms with Gasteiger partial charge in [0.15, 0.2) is 0 Å². The second-order valence-electron chi connectivity index (χ2n) is 6.40. The molecule has 0 aromatic heterocycles. The van der Waals surface area contributed by atoms with Gasteiger partial charge in [0.25, 0.3) is 0 Å². The molecule has 0 saturated heterocycles. The largest absolute Gasteiger partial charge is 0.389 e. The molecular formula is C16H26O. The van der Waals surface area contributed by atoms with Crippen molar-refractivity contribution in [2.24, 2.45) is 35.5 Å². The van der Waals surface area contributed by atoms with Crippen molar-refractivity contribution in [3.8, 4) is 0 Å². The van der Waals surface area contributed by atoms with Crippen LogP contribution in [0.4, 0.5) is 0 Å². The van der Waals surface area contributed by atoms with E-state index in [0.29, 0.717) is 29.6 Å². The Bertz CT molecular complexity index is 328. The predicted octanol–water partition coefficient (Wildman–Crippen LogP) is 3.65. The number of hydrogen-bond acceptors (Lipinski definition) is 1. The van der Waals surface area contributed by atoms with Crippen LogP contribution in [0.2, 0.25) is 0 Å². The van der Waals surface area contributed by atoms with Gasteiger partial charge < -0.3 is 5.11 Å². The van der Waals surface area contributed by atoms with E-state index in [1.54, 1.807) is 11.6 Å². The van der Waals surface area contributed by atoms with Crippen LogP contribution in [0.1, 0.15) is 34.1 Å². The summed E-state index contributed by atoms with van der Waals surface area (Å²) in [4.78, 5) is 0. The zero-order chi connectivity index (χ0) is 12.7. The Morgan fingerprint density at radius 1 is 1.47 bits per heavy atom. The zero-order valence-corrected chi connectivity index (χ0v) is 11.6. The predicted molar refractivity (Wildman–Crippen MR) is 72.5 cm³/mol. The van der Waals surface area contributed by atoms with E-state index in [1.165, 1.54) is 6.42 Å². The normalized spacial score (nSPS) is 42.5. The maximum absolute atomic E-state index is 10.2. The Kier molecular flexibility index (Phi) is 3.49. The molecule has 3 aliphatic rings. The second kappa shape index (κ2) is 4.61. The highest BCUT2D eigenvalue weighted by Gasteiger charge is 2.48. The maximum Gasteiger partial charge on any atom is 0.0754 e. The SMILES string of the molecule is C=C[C@H](O)[C@@H]1[C@H](C)[C@H]2C[C@@H](C(C)C)[C@H]1C=C2C. The molecule has 0 aromatic rings. The Hall–Kier alpha value is -0.560. The molecule has 0 heterocycles. The fourth-order valence-corrected chi connectivity index (χ4v) is 4.24. The van der Waals surface area contributed by atoms with Gasteiger partial charge in [-0.15, -0.1) is 6.58 Å². The summed E-state index contributed by atoms with van der Waals surface area (Å²) in [5, 5.41) is 10.2. The number of aliphatic hydroxyl groups is 1. The molecule has 3 rings (SSSR count). The zero-order valence-electron chi connectivity index (χ0n) is 11.6. The van der Waals surface area contributed by atoms with E-state index < -0.39 is 0 Å². The van der Waals surface area contributed by atoms with Crippen molar-refractivity contribution in [1.82, 2.24) is 0 Å². The Morgan fingerprint density at radius 2 is 2.12 bits per heavy atom. The Labute approximate surface area is 106 Å². The smallest absolute Gasteiger partial charge is 0.0754 e. The number of rotatable bonds is 3. The van der Waals surface area contributed by atoms with Gasteiger partial charge in [-0.1, -0.05) is 38.5 Å². The fraction of sp³-hybridized carbons (Fsp3) is 0.750. The van der Waals surface area contributed by atoms with Crippen LogP contribution in [0.5, 0.6) is 0 Å². The first-order chi connectivity index (χ1) is 7.97. The molecule has 1 nitrogen and oxygen atoms in total. The van der Waals surface area contributed by atoms with Crippen molar-refractivity contribution in [3.63, 3.8) is 0 Å². The highest BCUT2D eigenvalue weighted by molar-refractivity contribution is 5.21. The molecule has 3 aliphatic carbocycles. The van der Waals surface area contributed by atoms with E-state index >= 15 is 0 Å². The quantitative estimate of drug-likeness (QED) is 0.739. The van der Waals surface area contributed by atoms with Gasteiger partial charge >= 0.3 is 0 Å². The number of allylic oxidation sites excluding steroid dienone is 2. The lowest BCUT2D eigenvalue weighted by atomic mass is 9.53. The molecule has 1 fully saturated rings. The summed E-state index contributed by atoms with van der Waals surface area (Å²) in [5.74, 6) is 3.63. The van der Waals surface area contributed by atoms with Gasteiger partial charge in [-0.3, -0.25) is 0 Å². The van der Waals surface area contributed by atoms with Gasteiger partial charge in [-0.25, -0.2) is 0 Å². The molecule has 6 atom stereocenters. The molecule has 1 N–H and O–H groups in total. The molecule has 0 spiro atoms. The first-order valence-corrected chi connectivity index (χ1v) is 6.96. The number of fused-ring (bicyclic) bond motifs is 2. The summed E-state index contributed by atoms with van der Waals surface area (Å²) < 4.78 is 0. The molecule has 1 heteroatoms. The lowest BCUT2D eigenvalue weighted by Crippen LogP contribution is -2.48. The van der Waals surface area contributed by atoms with Crippen LogP contribution in [0.25, 0.3) is 0 Å². The Balaban J connectivity index is 2.33. The second-order valence-corrected chi connectivity index (χ2v) is 6.40. The van der Waals surface area contributed by atoms with Gasteiger partial charge in [-0.2, -0.15) is 0 Å². The van der Waals surface area contributed by atoms with Crippen LogP contribution in [-0.4, -0.2) is 11.2 Å². The fourth-order valence-electron chi connectivity index (χ4n) is 4.24. The summed E-state index contributed by atoms with van der Waals surface area (Å²) in [7, 11) is 0. The first-order valence-electron chi connectivity index (χ1n) is 6.96. The monoisotopic (exact) mass is 234 g/mol. The lowest BCUT2D eigenvalue weighted by molar-refractivity contribution is -0.0170.